The minimum Gasteiger partial charge on any atom is -0.488 e. The van der Waals surface area contributed by atoms with Crippen LogP contribution in [0.1, 0.15) is 73.6 Å². The van der Waals surface area contributed by atoms with Crippen LogP contribution in [-0.2, 0) is 33.6 Å². The van der Waals surface area contributed by atoms with E-state index in [1.54, 1.807) is 29.8 Å². The van der Waals surface area contributed by atoms with Gasteiger partial charge in [-0.05, 0) is 57.6 Å². The maximum absolute atomic E-state index is 14.5. The average molecular weight is 914 g/mol. The number of nitrogens with one attached hydrogen (secondary N) is 3. The normalized spacial score (nSPS) is 23.1. The molecular formula is C38H46ClF6N5O10S. The zero-order chi connectivity index (χ0) is 45.7. The van der Waals surface area contributed by atoms with Crippen LogP contribution in [0.4, 0.5) is 31.1 Å². The molecule has 2 saturated carbocycles. The van der Waals surface area contributed by atoms with Gasteiger partial charge in [0.2, 0.25) is 23.3 Å². The van der Waals surface area contributed by atoms with E-state index in [1.165, 1.54) is 32.9 Å². The Balaban J connectivity index is 1.46. The molecule has 338 valence electrons. The van der Waals surface area contributed by atoms with Gasteiger partial charge in [0.25, 0.3) is 5.91 Å². The smallest absolute Gasteiger partial charge is 0.427 e. The van der Waals surface area contributed by atoms with E-state index in [9.17, 15) is 53.9 Å². The first-order valence-corrected chi connectivity index (χ1v) is 20.8. The Labute approximate surface area is 352 Å². The highest BCUT2D eigenvalue weighted by Gasteiger charge is 2.63. The van der Waals surface area contributed by atoms with Gasteiger partial charge in [0.05, 0.1) is 35.7 Å². The summed E-state index contributed by atoms with van der Waals surface area (Å²) in [6, 6.07) is 3.14. The van der Waals surface area contributed by atoms with E-state index in [1.807, 2.05) is 0 Å². The zero-order valence-corrected chi connectivity index (χ0v) is 35.5. The maximum atomic E-state index is 14.5. The van der Waals surface area contributed by atoms with Gasteiger partial charge in [-0.1, -0.05) is 44.5 Å². The molecule has 1 aliphatic heterocycles. The predicted octanol–water partition coefficient (Wildman–Crippen LogP) is 6.04. The number of rotatable bonds is 15. The van der Waals surface area contributed by atoms with Crippen LogP contribution < -0.4 is 24.8 Å². The highest BCUT2D eigenvalue weighted by molar-refractivity contribution is 7.85. The molecule has 0 radical (unpaired) electrons. The Hall–Kier alpha value is -4.57. The number of nitrogens with zero attached hydrogens (tertiary/aromatic N) is 2. The molecule has 3 aliphatic rings. The van der Waals surface area contributed by atoms with Gasteiger partial charge in [-0.2, -0.15) is 34.8 Å². The van der Waals surface area contributed by atoms with Gasteiger partial charge in [0.1, 0.15) is 29.5 Å². The largest absolute Gasteiger partial charge is 0.488 e. The van der Waals surface area contributed by atoms with Crippen LogP contribution in [-0.4, -0.2) is 103 Å². The third-order valence-electron chi connectivity index (χ3n) is 10.5. The first-order valence-electron chi connectivity index (χ1n) is 19.0. The molecule has 5 atom stereocenters. The third kappa shape index (κ3) is 10.9. The topological polar surface area (TPSA) is 192 Å². The lowest BCUT2D eigenvalue weighted by Gasteiger charge is -2.36. The molecule has 1 aromatic heterocycles. The SMILES string of the molecule is C=C[C@@H]1C[C@]1(NC(=O)[C@@H]1C[C@@H](Oc2cc(OCC)nc3c(Cl)cccc23)CN1C(=O)[C@@H](NC(=O)OC(C)(C)C(F)(F)F)C(C)(C)C)C(=O)NS(=O)(=O)OC1(CC(F)(F)F)CC1. The van der Waals surface area contributed by atoms with Crippen molar-refractivity contribution in [3.05, 3.63) is 41.9 Å². The number of halogens is 7. The van der Waals surface area contributed by atoms with Crippen molar-refractivity contribution in [1.29, 1.82) is 0 Å². The summed E-state index contributed by atoms with van der Waals surface area (Å²) in [5, 5.41) is 5.36. The van der Waals surface area contributed by atoms with Gasteiger partial charge in [0, 0.05) is 23.8 Å². The maximum Gasteiger partial charge on any atom is 0.427 e. The van der Waals surface area contributed by atoms with E-state index in [-0.39, 0.29) is 55.5 Å². The van der Waals surface area contributed by atoms with E-state index in [2.05, 4.69) is 26.9 Å². The molecule has 3 N–H and O–H groups in total. The molecule has 61 heavy (non-hydrogen) atoms. The average Bonchev–Trinajstić information content (AvgIpc) is 3.98. The lowest BCUT2D eigenvalue weighted by molar-refractivity contribution is -0.244. The summed E-state index contributed by atoms with van der Waals surface area (Å²) < 4.78 is 129. The van der Waals surface area contributed by atoms with Crippen molar-refractivity contribution in [3.63, 3.8) is 0 Å². The van der Waals surface area contributed by atoms with Crippen molar-refractivity contribution in [3.8, 4) is 11.6 Å². The number of alkyl carbamates (subject to hydrolysis) is 1. The van der Waals surface area contributed by atoms with E-state index in [4.69, 9.17) is 25.3 Å². The number of carbonyl (C=O) groups is 4. The standard InChI is InChI=1S/C38H46ClF6N5O10S/c1-8-20-17-36(20,31(53)49-61(55,56)60-35(13-14-35)19-37(40,41)42)48-29(51)24-15-21(58-25-16-26(57-9-2)46-27-22(25)11-10-12-23(27)39)18-50(24)30(52)28(33(3,4)5)47-32(54)59-34(6,7)38(43,44)45/h8,10-12,16,20-21,24,28H,1,9,13-15,17-19H2,2-7H3,(H,47,54)(H,48,51)(H,49,53)/t20-,21-,24+,28-,36-/m1/s1. The van der Waals surface area contributed by atoms with Crippen LogP contribution in [0.15, 0.2) is 36.9 Å². The highest BCUT2D eigenvalue weighted by atomic mass is 35.5. The van der Waals surface area contributed by atoms with Crippen molar-refractivity contribution in [2.75, 3.05) is 13.2 Å². The van der Waals surface area contributed by atoms with Crippen LogP contribution in [0, 0.1) is 11.3 Å². The molecule has 2 aromatic rings. The van der Waals surface area contributed by atoms with Crippen LogP contribution >= 0.6 is 11.6 Å². The summed E-state index contributed by atoms with van der Waals surface area (Å²) in [4.78, 5) is 60.9. The number of ether oxygens (including phenoxy) is 3. The first kappa shape index (κ1) is 47.5. The number of para-hydroxylation sites is 1. The first-order chi connectivity index (χ1) is 28.0. The summed E-state index contributed by atoms with van der Waals surface area (Å²) in [5.41, 5.74) is -8.02. The van der Waals surface area contributed by atoms with E-state index in [0.29, 0.717) is 24.8 Å². The molecule has 3 fully saturated rings. The molecule has 1 saturated heterocycles. The number of benzene rings is 1. The van der Waals surface area contributed by atoms with Gasteiger partial charge in [-0.25, -0.2) is 18.7 Å². The third-order valence-corrected chi connectivity index (χ3v) is 11.8. The molecule has 0 bridgehead atoms. The fourth-order valence-electron chi connectivity index (χ4n) is 6.88. The van der Waals surface area contributed by atoms with Crippen molar-refractivity contribution in [2.24, 2.45) is 11.3 Å². The van der Waals surface area contributed by atoms with Crippen molar-refractivity contribution >= 4 is 56.6 Å². The number of hydrogen-bond donors (Lipinski definition) is 3. The Morgan fingerprint density at radius 2 is 1.74 bits per heavy atom. The van der Waals surface area contributed by atoms with Crippen molar-refractivity contribution in [1.82, 2.24) is 25.2 Å². The summed E-state index contributed by atoms with van der Waals surface area (Å²) in [6.45, 7) is 10.9. The predicted molar refractivity (Wildman–Crippen MR) is 205 cm³/mol. The second-order valence-corrected chi connectivity index (χ2v) is 18.5. The van der Waals surface area contributed by atoms with Gasteiger partial charge >= 0.3 is 28.8 Å². The molecule has 15 nitrogen and oxygen atoms in total. The zero-order valence-electron chi connectivity index (χ0n) is 33.9. The van der Waals surface area contributed by atoms with Crippen molar-refractivity contribution in [2.45, 2.75) is 121 Å². The van der Waals surface area contributed by atoms with Crippen LogP contribution in [0.5, 0.6) is 11.6 Å². The number of pyridine rings is 1. The molecule has 2 aliphatic carbocycles. The number of alkyl halides is 6. The van der Waals surface area contributed by atoms with Gasteiger partial charge in [-0.15, -0.1) is 6.58 Å². The summed E-state index contributed by atoms with van der Waals surface area (Å²) in [7, 11) is -5.15. The highest BCUT2D eigenvalue weighted by Crippen LogP contribution is 2.49. The number of fused-ring (bicyclic) bond motifs is 1. The van der Waals surface area contributed by atoms with Crippen LogP contribution in [0.25, 0.3) is 10.9 Å². The van der Waals surface area contributed by atoms with Crippen LogP contribution in [0.3, 0.4) is 0 Å². The summed E-state index contributed by atoms with van der Waals surface area (Å²) >= 11 is 6.43. The Kier molecular flexibility index (Phi) is 12.9. The number of amides is 4. The molecule has 23 heteroatoms. The second kappa shape index (κ2) is 16.6. The van der Waals surface area contributed by atoms with E-state index < -0.39 is 99.2 Å². The van der Waals surface area contributed by atoms with Crippen LogP contribution in [0.2, 0.25) is 5.02 Å². The molecular weight excluding hydrogens is 868 g/mol. The monoisotopic (exact) mass is 913 g/mol. The molecule has 0 unspecified atom stereocenters. The Morgan fingerprint density at radius 3 is 2.28 bits per heavy atom. The number of likely N-dealkylation sites (tertiary alicyclic amines) is 1. The summed E-state index contributed by atoms with van der Waals surface area (Å²) in [6.07, 6.45) is -13.7. The summed E-state index contributed by atoms with van der Waals surface area (Å²) in [5.74, 6) is -3.95. The second-order valence-electron chi connectivity index (χ2n) is 16.8. The van der Waals surface area contributed by atoms with Gasteiger partial charge in [-0.3, -0.25) is 14.4 Å². The fraction of sp³-hybridized carbons (Fsp3) is 0.605. The minimum absolute atomic E-state index is 0.123. The number of aromatic nitrogens is 1. The lowest BCUT2D eigenvalue weighted by Crippen LogP contribution is -2.60. The molecule has 0 spiro atoms. The lowest BCUT2D eigenvalue weighted by atomic mass is 9.85. The van der Waals surface area contributed by atoms with Crippen molar-refractivity contribution < 1.29 is 72.3 Å². The molecule has 1 aromatic carbocycles. The fourth-order valence-corrected chi connectivity index (χ4v) is 8.23. The number of hydrogen-bond acceptors (Lipinski definition) is 11. The minimum atomic E-state index is -5.15. The van der Waals surface area contributed by atoms with Gasteiger partial charge in [0.15, 0.2) is 0 Å². The van der Waals surface area contributed by atoms with Gasteiger partial charge < -0.3 is 29.7 Å². The molecule has 4 amide bonds. The van der Waals surface area contributed by atoms with E-state index >= 15 is 0 Å². The molecule has 2 heterocycles. The van der Waals surface area contributed by atoms with E-state index in [0.717, 1.165) is 4.90 Å². The Bertz CT molecular complexity index is 2180. The number of carbonyl (C=O) groups excluding carboxylic acids is 4. The molecule has 5 rings (SSSR count). The quantitative estimate of drug-likeness (QED) is 0.140. The Morgan fingerprint density at radius 1 is 1.08 bits per heavy atom.